The Labute approximate surface area is 197 Å². The van der Waals surface area contributed by atoms with Crippen LogP contribution in [0.1, 0.15) is 18.4 Å². The summed E-state index contributed by atoms with van der Waals surface area (Å²) in [5.74, 6) is 1.76. The van der Waals surface area contributed by atoms with Gasteiger partial charge >= 0.3 is 6.03 Å². The van der Waals surface area contributed by atoms with Crippen molar-refractivity contribution in [2.75, 3.05) is 28.2 Å². The smallest absolute Gasteiger partial charge is 0.329 e. The first kappa shape index (κ1) is 20.4. The minimum absolute atomic E-state index is 0.0546. The predicted molar refractivity (Wildman–Crippen MR) is 131 cm³/mol. The zero-order chi connectivity index (χ0) is 23.1. The number of fused-ring (bicyclic) bond motifs is 4. The van der Waals surface area contributed by atoms with Gasteiger partial charge in [0.1, 0.15) is 5.82 Å². The molecule has 170 valence electrons. The maximum absolute atomic E-state index is 13.6. The lowest BCUT2D eigenvalue weighted by Gasteiger charge is -2.45. The number of nitrogens with zero attached hydrogens (tertiary/aromatic N) is 5. The molecule has 1 fully saturated rings. The van der Waals surface area contributed by atoms with Gasteiger partial charge < -0.3 is 9.32 Å². The van der Waals surface area contributed by atoms with Crippen LogP contribution in [0.3, 0.4) is 0 Å². The van der Waals surface area contributed by atoms with Crippen LogP contribution in [0.5, 0.6) is 0 Å². The lowest BCUT2D eigenvalue weighted by Crippen LogP contribution is -2.56. The van der Waals surface area contributed by atoms with E-state index in [1.165, 1.54) is 12.0 Å². The Morgan fingerprint density at radius 1 is 1.15 bits per heavy atom. The Bertz CT molecular complexity index is 1350. The molecule has 0 unspecified atom stereocenters. The van der Waals surface area contributed by atoms with E-state index in [-0.39, 0.29) is 12.1 Å². The minimum Gasteiger partial charge on any atom is -0.444 e. The van der Waals surface area contributed by atoms with Crippen LogP contribution < -0.4 is 15.1 Å². The number of oxazole rings is 1. The van der Waals surface area contributed by atoms with Crippen LogP contribution in [0.25, 0.3) is 22.6 Å². The molecule has 0 saturated carbocycles. The van der Waals surface area contributed by atoms with E-state index in [1.54, 1.807) is 18.5 Å². The van der Waals surface area contributed by atoms with Gasteiger partial charge in [0.15, 0.2) is 18.0 Å². The average Bonchev–Trinajstić information content (AvgIpc) is 3.39. The predicted octanol–water partition coefficient (Wildman–Crippen LogP) is 5.13. The summed E-state index contributed by atoms with van der Waals surface area (Å²) < 4.78 is 5.38. The highest BCUT2D eigenvalue weighted by Crippen LogP contribution is 2.39. The topological polar surface area (TPSA) is 87.4 Å². The lowest BCUT2D eigenvalue weighted by molar-refractivity contribution is 0.252. The highest BCUT2D eigenvalue weighted by Gasteiger charge is 2.38. The van der Waals surface area contributed by atoms with Crippen molar-refractivity contribution in [3.05, 3.63) is 72.9 Å². The van der Waals surface area contributed by atoms with Gasteiger partial charge in [-0.25, -0.2) is 19.7 Å². The number of anilines is 3. The van der Waals surface area contributed by atoms with Crippen LogP contribution in [0, 0.1) is 6.92 Å². The summed E-state index contributed by atoms with van der Waals surface area (Å²) >= 11 is 0. The van der Waals surface area contributed by atoms with E-state index < -0.39 is 0 Å². The molecule has 8 heteroatoms. The van der Waals surface area contributed by atoms with Gasteiger partial charge in [-0.05, 0) is 50.1 Å². The summed E-state index contributed by atoms with van der Waals surface area (Å²) in [5.41, 5.74) is 4.85. The van der Waals surface area contributed by atoms with Crippen molar-refractivity contribution in [3.63, 3.8) is 0 Å². The largest absolute Gasteiger partial charge is 0.444 e. The van der Waals surface area contributed by atoms with E-state index in [9.17, 15) is 4.79 Å². The Hall–Kier alpha value is -4.20. The van der Waals surface area contributed by atoms with Gasteiger partial charge in [-0.15, -0.1) is 0 Å². The number of hydrogen-bond acceptors (Lipinski definition) is 6. The zero-order valence-corrected chi connectivity index (χ0v) is 18.8. The fourth-order valence-corrected chi connectivity index (χ4v) is 4.83. The number of carbonyl (C=O) groups excluding carboxylic acids is 1. The van der Waals surface area contributed by atoms with Gasteiger partial charge in [-0.3, -0.25) is 10.2 Å². The second-order valence-electron chi connectivity index (χ2n) is 8.75. The molecular formula is C26H24N6O2. The Morgan fingerprint density at radius 3 is 2.94 bits per heavy atom. The molecule has 2 amide bonds. The number of urea groups is 1. The number of pyridine rings is 2. The second kappa shape index (κ2) is 8.30. The standard InChI is InChI=1S/C26H24N6O2/c1-17-4-2-5-18(12-17)21-7-8-22-25(29-21)32(20-6-3-11-31(22)15-20)26(33)30-24-13-19(9-10-28-24)23-14-27-16-34-23/h2,4-5,7-10,12-14,16,20H,3,6,11,15H2,1H3,(H,28,30,33)/t20-/m0/s1. The summed E-state index contributed by atoms with van der Waals surface area (Å²) in [5, 5.41) is 2.98. The van der Waals surface area contributed by atoms with Gasteiger partial charge in [-0.2, -0.15) is 0 Å². The quantitative estimate of drug-likeness (QED) is 0.464. The van der Waals surface area contributed by atoms with Crippen molar-refractivity contribution in [2.45, 2.75) is 25.8 Å². The Morgan fingerprint density at radius 2 is 2.09 bits per heavy atom. The number of aromatic nitrogens is 3. The fourth-order valence-electron chi connectivity index (χ4n) is 4.83. The number of nitrogens with one attached hydrogen (secondary N) is 1. The summed E-state index contributed by atoms with van der Waals surface area (Å²) in [6, 6.07) is 15.8. The average molecular weight is 453 g/mol. The maximum Gasteiger partial charge on any atom is 0.329 e. The van der Waals surface area contributed by atoms with Crippen molar-refractivity contribution >= 4 is 23.4 Å². The van der Waals surface area contributed by atoms with Crippen LogP contribution >= 0.6 is 0 Å². The molecule has 0 spiro atoms. The van der Waals surface area contributed by atoms with Crippen LogP contribution in [0.15, 0.2) is 71.7 Å². The molecule has 2 aliphatic rings. The first-order valence-electron chi connectivity index (χ1n) is 11.4. The van der Waals surface area contributed by atoms with Crippen LogP contribution in [-0.2, 0) is 0 Å². The second-order valence-corrected chi connectivity index (χ2v) is 8.75. The SMILES string of the molecule is Cc1cccc(-c2ccc3c(n2)N(C(=O)Nc2cc(-c4cnco4)ccn2)[C@H]2CCCN3C2)c1. The molecule has 4 aromatic rings. The normalized spacial score (nSPS) is 16.8. The molecule has 6 rings (SSSR count). The van der Waals surface area contributed by atoms with E-state index >= 15 is 0 Å². The van der Waals surface area contributed by atoms with Crippen LogP contribution in [0.2, 0.25) is 0 Å². The molecule has 2 bridgehead atoms. The molecule has 1 saturated heterocycles. The molecule has 1 atom stereocenters. The van der Waals surface area contributed by atoms with Crippen molar-refractivity contribution in [2.24, 2.45) is 0 Å². The molecule has 8 nitrogen and oxygen atoms in total. The van der Waals surface area contributed by atoms with E-state index in [2.05, 4.69) is 51.4 Å². The summed E-state index contributed by atoms with van der Waals surface area (Å²) in [4.78, 5) is 31.1. The van der Waals surface area contributed by atoms with Crippen LogP contribution in [-0.4, -0.2) is 40.1 Å². The Balaban J connectivity index is 1.36. The number of aryl methyl sites for hydroxylation is 1. The number of carbonyl (C=O) groups is 1. The highest BCUT2D eigenvalue weighted by molar-refractivity contribution is 6.04. The maximum atomic E-state index is 13.6. The minimum atomic E-state index is -0.232. The molecule has 5 heterocycles. The molecule has 0 radical (unpaired) electrons. The van der Waals surface area contributed by atoms with Gasteiger partial charge in [0, 0.05) is 30.4 Å². The van der Waals surface area contributed by atoms with Gasteiger partial charge in [0.25, 0.3) is 0 Å². The third-order valence-electron chi connectivity index (χ3n) is 6.43. The van der Waals surface area contributed by atoms with Crippen molar-refractivity contribution in [1.29, 1.82) is 0 Å². The summed E-state index contributed by atoms with van der Waals surface area (Å²) in [7, 11) is 0. The van der Waals surface area contributed by atoms with E-state index in [0.717, 1.165) is 48.4 Å². The number of rotatable bonds is 3. The van der Waals surface area contributed by atoms with Gasteiger partial charge in [0.2, 0.25) is 0 Å². The monoisotopic (exact) mass is 452 g/mol. The lowest BCUT2D eigenvalue weighted by atomic mass is 9.99. The highest BCUT2D eigenvalue weighted by atomic mass is 16.3. The first-order valence-corrected chi connectivity index (χ1v) is 11.4. The molecular weight excluding hydrogens is 428 g/mol. The van der Waals surface area contributed by atoms with E-state index in [4.69, 9.17) is 9.40 Å². The Kier molecular flexibility index (Phi) is 4.98. The van der Waals surface area contributed by atoms with E-state index in [1.807, 2.05) is 23.1 Å². The van der Waals surface area contributed by atoms with Crippen molar-refractivity contribution in [3.8, 4) is 22.6 Å². The molecule has 3 aromatic heterocycles. The van der Waals surface area contributed by atoms with Crippen molar-refractivity contribution in [1.82, 2.24) is 15.0 Å². The van der Waals surface area contributed by atoms with E-state index in [0.29, 0.717) is 17.4 Å². The number of hydrogen-bond donors (Lipinski definition) is 1. The molecule has 0 aliphatic carbocycles. The molecule has 1 aromatic carbocycles. The number of amides is 2. The number of benzene rings is 1. The van der Waals surface area contributed by atoms with Gasteiger partial charge in [0.05, 0.1) is 23.6 Å². The number of piperidine rings is 1. The third kappa shape index (κ3) is 3.67. The first-order chi connectivity index (χ1) is 16.7. The summed E-state index contributed by atoms with van der Waals surface area (Å²) in [6.45, 7) is 3.85. The van der Waals surface area contributed by atoms with Crippen molar-refractivity contribution < 1.29 is 9.21 Å². The van der Waals surface area contributed by atoms with Gasteiger partial charge in [-0.1, -0.05) is 23.8 Å². The summed E-state index contributed by atoms with van der Waals surface area (Å²) in [6.07, 6.45) is 6.63. The molecule has 34 heavy (non-hydrogen) atoms. The molecule has 1 N–H and O–H groups in total. The zero-order valence-electron chi connectivity index (χ0n) is 18.8. The fraction of sp³-hybridized carbons (Fsp3) is 0.231. The third-order valence-corrected chi connectivity index (χ3v) is 6.43. The molecule has 2 aliphatic heterocycles. The van der Waals surface area contributed by atoms with Crippen LogP contribution in [0.4, 0.5) is 22.1 Å².